The predicted molar refractivity (Wildman–Crippen MR) is 90.2 cm³/mol. The molecule has 0 bridgehead atoms. The molecule has 0 saturated heterocycles. The highest BCUT2D eigenvalue weighted by molar-refractivity contribution is 7.89. The van der Waals surface area contributed by atoms with Crippen molar-refractivity contribution < 1.29 is 18.3 Å². The largest absolute Gasteiger partial charge is 0.481 e. The van der Waals surface area contributed by atoms with Gasteiger partial charge in [0.2, 0.25) is 10.0 Å². The molecule has 3 N–H and O–H groups in total. The molecule has 1 aromatic rings. The summed E-state index contributed by atoms with van der Waals surface area (Å²) in [7, 11) is -3.53. The zero-order valence-electron chi connectivity index (χ0n) is 13.3. The summed E-state index contributed by atoms with van der Waals surface area (Å²) in [6.45, 7) is 5.14. The van der Waals surface area contributed by atoms with Crippen molar-refractivity contribution in [1.82, 2.24) is 10.0 Å². The number of sulfonamides is 1. The van der Waals surface area contributed by atoms with Crippen LogP contribution in [0, 0.1) is 5.41 Å². The van der Waals surface area contributed by atoms with Gasteiger partial charge in [-0.1, -0.05) is 25.4 Å². The van der Waals surface area contributed by atoms with E-state index in [4.69, 9.17) is 16.7 Å². The summed E-state index contributed by atoms with van der Waals surface area (Å²) in [6, 6.07) is 5.96. The smallest absolute Gasteiger partial charge is 0.303 e. The molecule has 0 radical (unpaired) electrons. The van der Waals surface area contributed by atoms with Crippen molar-refractivity contribution in [3.8, 4) is 0 Å². The van der Waals surface area contributed by atoms with Crippen LogP contribution in [-0.4, -0.2) is 39.1 Å². The predicted octanol–water partition coefficient (Wildman–Crippen LogP) is 2.10. The Balaban J connectivity index is 2.29. The van der Waals surface area contributed by atoms with Gasteiger partial charge in [-0.2, -0.15) is 0 Å². The highest BCUT2D eigenvalue weighted by Gasteiger charge is 2.21. The maximum atomic E-state index is 12.0. The summed E-state index contributed by atoms with van der Waals surface area (Å²) in [6.07, 6.45) is 0.807. The van der Waals surface area contributed by atoms with Crippen LogP contribution in [0.4, 0.5) is 0 Å². The van der Waals surface area contributed by atoms with Gasteiger partial charge in [-0.15, -0.1) is 0 Å². The average Bonchev–Trinajstić information content (AvgIpc) is 2.41. The molecule has 0 fully saturated rings. The second-order valence-electron chi connectivity index (χ2n) is 6.09. The first-order valence-corrected chi connectivity index (χ1v) is 9.16. The maximum absolute atomic E-state index is 12.0. The molecule has 0 aromatic heterocycles. The Bertz CT molecular complexity index is 615. The summed E-state index contributed by atoms with van der Waals surface area (Å²) in [5.41, 5.74) is -0.290. The van der Waals surface area contributed by atoms with Gasteiger partial charge in [0.05, 0.1) is 11.3 Å². The molecule has 0 saturated carbocycles. The van der Waals surface area contributed by atoms with Crippen molar-refractivity contribution in [3.05, 3.63) is 29.3 Å². The van der Waals surface area contributed by atoms with Crippen LogP contribution in [-0.2, 0) is 14.8 Å². The van der Waals surface area contributed by atoms with Gasteiger partial charge >= 0.3 is 5.97 Å². The van der Waals surface area contributed by atoms with Crippen LogP contribution in [0.2, 0.25) is 5.02 Å². The molecule has 8 heteroatoms. The standard InChI is InChI=1S/C15H23ClN2O4S/c1-15(2,11-14(19)20)7-8-17-9-10-18-23(21,22)13-5-3-12(16)4-6-13/h3-6,17-18H,7-11H2,1-2H3,(H,19,20). The van der Waals surface area contributed by atoms with E-state index in [1.54, 1.807) is 0 Å². The van der Waals surface area contributed by atoms with Crippen LogP contribution in [0.3, 0.4) is 0 Å². The lowest BCUT2D eigenvalue weighted by atomic mass is 9.86. The SMILES string of the molecule is CC(C)(CCNCCNS(=O)(=O)c1ccc(Cl)cc1)CC(=O)O. The fourth-order valence-corrected chi connectivity index (χ4v) is 3.18. The number of benzene rings is 1. The third-order valence-electron chi connectivity index (χ3n) is 3.33. The number of carboxylic acid groups (broad SMARTS) is 1. The molecule has 1 aromatic carbocycles. The summed E-state index contributed by atoms with van der Waals surface area (Å²) in [5, 5.41) is 12.4. The van der Waals surface area contributed by atoms with Gasteiger partial charge in [0, 0.05) is 18.1 Å². The quantitative estimate of drug-likeness (QED) is 0.554. The van der Waals surface area contributed by atoms with E-state index >= 15 is 0 Å². The first-order valence-electron chi connectivity index (χ1n) is 7.30. The maximum Gasteiger partial charge on any atom is 0.303 e. The minimum atomic E-state index is -3.53. The Morgan fingerprint density at radius 3 is 2.35 bits per heavy atom. The van der Waals surface area contributed by atoms with Crippen LogP contribution in [0.5, 0.6) is 0 Å². The molecule has 0 aliphatic heterocycles. The van der Waals surface area contributed by atoms with Crippen LogP contribution in [0.25, 0.3) is 0 Å². The molecule has 0 atom stereocenters. The first kappa shape index (κ1) is 19.9. The number of rotatable bonds is 10. The molecule has 0 aliphatic carbocycles. The van der Waals surface area contributed by atoms with Crippen molar-refractivity contribution in [2.75, 3.05) is 19.6 Å². The minimum absolute atomic E-state index is 0.109. The van der Waals surface area contributed by atoms with Gasteiger partial charge in [0.25, 0.3) is 0 Å². The molecule has 0 aliphatic rings. The number of nitrogens with one attached hydrogen (secondary N) is 2. The Morgan fingerprint density at radius 2 is 1.78 bits per heavy atom. The normalized spacial score (nSPS) is 12.3. The van der Waals surface area contributed by atoms with E-state index in [1.165, 1.54) is 24.3 Å². The second-order valence-corrected chi connectivity index (χ2v) is 8.29. The monoisotopic (exact) mass is 362 g/mol. The van der Waals surface area contributed by atoms with Crippen LogP contribution < -0.4 is 10.0 Å². The number of aliphatic carboxylic acids is 1. The number of hydrogen-bond acceptors (Lipinski definition) is 4. The van der Waals surface area contributed by atoms with Crippen LogP contribution in [0.15, 0.2) is 29.2 Å². The van der Waals surface area contributed by atoms with E-state index in [9.17, 15) is 13.2 Å². The molecule has 6 nitrogen and oxygen atoms in total. The topological polar surface area (TPSA) is 95.5 Å². The molecular weight excluding hydrogens is 340 g/mol. The molecule has 0 amide bonds. The Kier molecular flexibility index (Phi) is 7.47. The highest BCUT2D eigenvalue weighted by atomic mass is 35.5. The Morgan fingerprint density at radius 1 is 1.17 bits per heavy atom. The number of halogens is 1. The van der Waals surface area contributed by atoms with Crippen molar-refractivity contribution in [2.45, 2.75) is 31.6 Å². The Hall–Kier alpha value is -1.15. The summed E-state index contributed by atoms with van der Waals surface area (Å²) < 4.78 is 26.5. The van der Waals surface area contributed by atoms with Gasteiger partial charge in [-0.05, 0) is 42.6 Å². The van der Waals surface area contributed by atoms with Gasteiger partial charge in [0.15, 0.2) is 0 Å². The van der Waals surface area contributed by atoms with E-state index < -0.39 is 16.0 Å². The molecule has 0 unspecified atom stereocenters. The lowest BCUT2D eigenvalue weighted by Gasteiger charge is -2.22. The average molecular weight is 363 g/mol. The van der Waals surface area contributed by atoms with Crippen LogP contribution in [0.1, 0.15) is 26.7 Å². The molecule has 0 heterocycles. The highest BCUT2D eigenvalue weighted by Crippen LogP contribution is 2.23. The van der Waals surface area contributed by atoms with E-state index in [1.807, 2.05) is 13.8 Å². The lowest BCUT2D eigenvalue weighted by Crippen LogP contribution is -2.33. The van der Waals surface area contributed by atoms with E-state index in [2.05, 4.69) is 10.0 Å². The molecular formula is C15H23ClN2O4S. The number of carbonyl (C=O) groups is 1. The second kappa shape index (κ2) is 8.63. The van der Waals surface area contributed by atoms with Crippen molar-refractivity contribution in [1.29, 1.82) is 0 Å². The van der Waals surface area contributed by atoms with Crippen molar-refractivity contribution >= 4 is 27.6 Å². The van der Waals surface area contributed by atoms with Gasteiger partial charge in [0.1, 0.15) is 0 Å². The third-order valence-corrected chi connectivity index (χ3v) is 5.06. The zero-order chi connectivity index (χ0) is 17.5. The van der Waals surface area contributed by atoms with Crippen LogP contribution >= 0.6 is 11.6 Å². The van der Waals surface area contributed by atoms with E-state index in [0.29, 0.717) is 24.5 Å². The van der Waals surface area contributed by atoms with E-state index in [0.717, 1.165) is 0 Å². The van der Waals surface area contributed by atoms with Gasteiger partial charge < -0.3 is 10.4 Å². The number of carboxylic acids is 1. The zero-order valence-corrected chi connectivity index (χ0v) is 14.9. The Labute approximate surface area is 142 Å². The fraction of sp³-hybridized carbons (Fsp3) is 0.533. The first-order chi connectivity index (χ1) is 10.6. The van der Waals surface area contributed by atoms with Crippen molar-refractivity contribution in [3.63, 3.8) is 0 Å². The molecule has 23 heavy (non-hydrogen) atoms. The summed E-state index contributed by atoms with van der Waals surface area (Å²) in [4.78, 5) is 10.9. The summed E-state index contributed by atoms with van der Waals surface area (Å²) >= 11 is 5.73. The van der Waals surface area contributed by atoms with E-state index in [-0.39, 0.29) is 23.3 Å². The van der Waals surface area contributed by atoms with Gasteiger partial charge in [-0.3, -0.25) is 4.79 Å². The van der Waals surface area contributed by atoms with Gasteiger partial charge in [-0.25, -0.2) is 13.1 Å². The summed E-state index contributed by atoms with van der Waals surface area (Å²) in [5.74, 6) is -0.814. The third kappa shape index (κ3) is 7.78. The molecule has 1 rings (SSSR count). The molecule has 130 valence electrons. The lowest BCUT2D eigenvalue weighted by molar-refractivity contribution is -0.139. The minimum Gasteiger partial charge on any atom is -0.481 e. The number of hydrogen-bond donors (Lipinski definition) is 3. The van der Waals surface area contributed by atoms with Crippen molar-refractivity contribution in [2.24, 2.45) is 5.41 Å². The fourth-order valence-electron chi connectivity index (χ4n) is 2.02. The molecule has 0 spiro atoms.